The van der Waals surface area contributed by atoms with E-state index in [-0.39, 0.29) is 6.61 Å². The van der Waals surface area contributed by atoms with Gasteiger partial charge in [-0.3, -0.25) is 4.79 Å². The highest BCUT2D eigenvalue weighted by Crippen LogP contribution is 2.54. The van der Waals surface area contributed by atoms with Gasteiger partial charge in [0, 0.05) is 24.9 Å². The van der Waals surface area contributed by atoms with Crippen LogP contribution < -0.4 is 5.32 Å². The molecule has 0 aromatic carbocycles. The summed E-state index contributed by atoms with van der Waals surface area (Å²) in [5, 5.41) is 2.34. The van der Waals surface area contributed by atoms with Crippen molar-refractivity contribution in [2.75, 3.05) is 25.2 Å². The van der Waals surface area contributed by atoms with E-state index >= 15 is 4.39 Å². The van der Waals surface area contributed by atoms with E-state index in [0.29, 0.717) is 11.5 Å². The fourth-order valence-corrected chi connectivity index (χ4v) is 5.38. The molecule has 0 aliphatic carbocycles. The van der Waals surface area contributed by atoms with Crippen LogP contribution in [0.1, 0.15) is 27.2 Å². The molecule has 1 fully saturated rings. The fourth-order valence-electron chi connectivity index (χ4n) is 2.31. The molecular formula is C14H22FNO5S2. The molecule has 1 saturated heterocycles. The van der Waals surface area contributed by atoms with Crippen LogP contribution in [0.5, 0.6) is 0 Å². The van der Waals surface area contributed by atoms with E-state index < -0.39 is 40.1 Å². The van der Waals surface area contributed by atoms with E-state index in [1.54, 1.807) is 13.8 Å². The molecule has 0 spiro atoms. The second-order valence-electron chi connectivity index (χ2n) is 5.14. The standard InChI is InChI=1S/C14H22FNO5S2/c1-5-21-12(19)14(15,13(3)22-6-7-23-13)8-10(11(18)20-4)16-9(2)17/h10H,5-8H2,1-4H3,(H,16,17)/t10-,14-/m0/s1. The molecule has 0 aromatic rings. The molecule has 1 aliphatic heterocycles. The minimum Gasteiger partial charge on any atom is -0.467 e. The zero-order chi connectivity index (χ0) is 17.7. The molecule has 2 atom stereocenters. The monoisotopic (exact) mass is 367 g/mol. The summed E-state index contributed by atoms with van der Waals surface area (Å²) in [6, 6.07) is -1.26. The molecule has 1 aliphatic rings. The normalized spacial score (nSPS) is 20.2. The Morgan fingerprint density at radius 1 is 1.35 bits per heavy atom. The lowest BCUT2D eigenvalue weighted by molar-refractivity contribution is -0.160. The zero-order valence-corrected chi connectivity index (χ0v) is 15.3. The quantitative estimate of drug-likeness (QED) is 0.683. The van der Waals surface area contributed by atoms with Crippen LogP contribution in [0.4, 0.5) is 4.39 Å². The molecule has 23 heavy (non-hydrogen) atoms. The number of esters is 2. The van der Waals surface area contributed by atoms with Gasteiger partial charge in [-0.2, -0.15) is 0 Å². The Kier molecular flexibility index (Phi) is 7.19. The topological polar surface area (TPSA) is 81.7 Å². The van der Waals surface area contributed by atoms with Crippen LogP contribution in [0.25, 0.3) is 0 Å². The molecule has 132 valence electrons. The largest absolute Gasteiger partial charge is 0.467 e. The Balaban J connectivity index is 3.14. The molecule has 1 N–H and O–H groups in total. The molecule has 1 heterocycles. The van der Waals surface area contributed by atoms with Gasteiger partial charge in [0.1, 0.15) is 10.1 Å². The molecule has 0 saturated carbocycles. The highest BCUT2D eigenvalue weighted by molar-refractivity contribution is 8.21. The van der Waals surface area contributed by atoms with E-state index in [1.165, 1.54) is 30.4 Å². The summed E-state index contributed by atoms with van der Waals surface area (Å²) >= 11 is 2.62. The minimum absolute atomic E-state index is 0.0267. The van der Waals surface area contributed by atoms with Gasteiger partial charge in [0.25, 0.3) is 0 Å². The van der Waals surface area contributed by atoms with Gasteiger partial charge in [0.15, 0.2) is 0 Å². The van der Waals surface area contributed by atoms with Gasteiger partial charge >= 0.3 is 11.9 Å². The number of rotatable bonds is 7. The van der Waals surface area contributed by atoms with Crippen molar-refractivity contribution >= 4 is 41.4 Å². The summed E-state index contributed by atoms with van der Waals surface area (Å²) in [6.45, 7) is 4.44. The smallest absolute Gasteiger partial charge is 0.346 e. The Hall–Kier alpha value is -0.960. The first kappa shape index (κ1) is 20.1. The van der Waals surface area contributed by atoms with Crippen LogP contribution >= 0.6 is 23.5 Å². The molecule has 1 amide bonds. The van der Waals surface area contributed by atoms with E-state index in [4.69, 9.17) is 4.74 Å². The summed E-state index contributed by atoms with van der Waals surface area (Å²) in [7, 11) is 1.14. The summed E-state index contributed by atoms with van der Waals surface area (Å²) in [5.74, 6) is -0.958. The molecule has 1 rings (SSSR count). The third-order valence-electron chi connectivity index (χ3n) is 3.51. The van der Waals surface area contributed by atoms with Crippen molar-refractivity contribution in [2.45, 2.75) is 43.0 Å². The van der Waals surface area contributed by atoms with Crippen molar-refractivity contribution in [1.82, 2.24) is 5.32 Å². The second-order valence-corrected chi connectivity index (χ2v) is 8.43. The van der Waals surface area contributed by atoms with Crippen molar-refractivity contribution in [3.8, 4) is 0 Å². The molecule has 0 unspecified atom stereocenters. The van der Waals surface area contributed by atoms with Crippen LogP contribution in [-0.4, -0.2) is 58.9 Å². The predicted molar refractivity (Wildman–Crippen MR) is 88.0 cm³/mol. The Morgan fingerprint density at radius 2 is 1.91 bits per heavy atom. The maximum absolute atomic E-state index is 15.8. The molecule has 0 radical (unpaired) electrons. The average Bonchev–Trinajstić information content (AvgIpc) is 2.93. The summed E-state index contributed by atoms with van der Waals surface area (Å²) in [4.78, 5) is 35.4. The molecule has 9 heteroatoms. The molecule has 0 aromatic heterocycles. The van der Waals surface area contributed by atoms with Crippen LogP contribution in [-0.2, 0) is 23.9 Å². The Bertz CT molecular complexity index is 470. The number of nitrogens with one attached hydrogen (secondary N) is 1. The number of alkyl halides is 1. The highest BCUT2D eigenvalue weighted by atomic mass is 32.2. The molecule has 6 nitrogen and oxygen atoms in total. The van der Waals surface area contributed by atoms with Gasteiger partial charge in [-0.05, 0) is 13.8 Å². The van der Waals surface area contributed by atoms with E-state index in [0.717, 1.165) is 7.11 Å². The van der Waals surface area contributed by atoms with Crippen molar-refractivity contribution in [2.24, 2.45) is 0 Å². The first-order chi connectivity index (χ1) is 10.7. The summed E-state index contributed by atoms with van der Waals surface area (Å²) in [6.07, 6.45) is -0.533. The lowest BCUT2D eigenvalue weighted by Crippen LogP contribution is -2.56. The molecular weight excluding hydrogens is 345 g/mol. The number of hydrogen-bond donors (Lipinski definition) is 1. The van der Waals surface area contributed by atoms with Gasteiger partial charge in [-0.15, -0.1) is 23.5 Å². The van der Waals surface area contributed by atoms with Gasteiger partial charge in [0.2, 0.25) is 11.6 Å². The second kappa shape index (κ2) is 8.23. The van der Waals surface area contributed by atoms with Gasteiger partial charge in [-0.1, -0.05) is 0 Å². The average molecular weight is 367 g/mol. The number of methoxy groups -OCH3 is 1. The number of carbonyl (C=O) groups is 3. The predicted octanol–water partition coefficient (Wildman–Crippen LogP) is 1.52. The van der Waals surface area contributed by atoms with Crippen LogP contribution in [0.2, 0.25) is 0 Å². The summed E-state index contributed by atoms with van der Waals surface area (Å²) < 4.78 is 24.2. The van der Waals surface area contributed by atoms with Crippen molar-refractivity contribution in [3.63, 3.8) is 0 Å². The van der Waals surface area contributed by atoms with Gasteiger partial charge in [0.05, 0.1) is 13.7 Å². The van der Waals surface area contributed by atoms with E-state index in [1.807, 2.05) is 0 Å². The van der Waals surface area contributed by atoms with Crippen molar-refractivity contribution in [1.29, 1.82) is 0 Å². The zero-order valence-electron chi connectivity index (χ0n) is 13.6. The number of halogens is 1. The minimum atomic E-state index is -2.43. The maximum Gasteiger partial charge on any atom is 0.346 e. The van der Waals surface area contributed by atoms with Crippen LogP contribution in [0.15, 0.2) is 0 Å². The SMILES string of the molecule is CCOC(=O)[C@@](F)(C[C@H](NC(C)=O)C(=O)OC)C1(C)SCCS1. The number of thioether (sulfide) groups is 2. The highest BCUT2D eigenvalue weighted by Gasteiger charge is 2.60. The number of hydrogen-bond acceptors (Lipinski definition) is 7. The van der Waals surface area contributed by atoms with Crippen LogP contribution in [0.3, 0.4) is 0 Å². The van der Waals surface area contributed by atoms with E-state index in [9.17, 15) is 14.4 Å². The molecule has 0 bridgehead atoms. The maximum atomic E-state index is 15.8. The van der Waals surface area contributed by atoms with Crippen LogP contribution in [0, 0.1) is 0 Å². The fraction of sp³-hybridized carbons (Fsp3) is 0.786. The number of ether oxygens (including phenoxy) is 2. The lowest BCUT2D eigenvalue weighted by Gasteiger charge is -2.38. The summed E-state index contributed by atoms with van der Waals surface area (Å²) in [5.41, 5.74) is -2.43. The first-order valence-corrected chi connectivity index (χ1v) is 9.16. The lowest BCUT2D eigenvalue weighted by atomic mass is 9.92. The van der Waals surface area contributed by atoms with Crippen molar-refractivity contribution < 1.29 is 28.2 Å². The third kappa shape index (κ3) is 4.53. The third-order valence-corrected chi connectivity index (χ3v) is 7.04. The first-order valence-electron chi connectivity index (χ1n) is 7.19. The Labute approximate surface area is 143 Å². The van der Waals surface area contributed by atoms with Crippen molar-refractivity contribution in [3.05, 3.63) is 0 Å². The van der Waals surface area contributed by atoms with Gasteiger partial charge < -0.3 is 14.8 Å². The van der Waals surface area contributed by atoms with Gasteiger partial charge in [-0.25, -0.2) is 14.0 Å². The number of carbonyl (C=O) groups excluding carboxylic acids is 3. The Morgan fingerprint density at radius 3 is 2.35 bits per heavy atom. The number of amides is 1. The van der Waals surface area contributed by atoms with E-state index in [2.05, 4.69) is 10.1 Å².